The van der Waals surface area contributed by atoms with Crippen molar-refractivity contribution in [2.24, 2.45) is 0 Å². The molecule has 0 radical (unpaired) electrons. The van der Waals surface area contributed by atoms with E-state index in [1.165, 1.54) is 24.5 Å². The summed E-state index contributed by atoms with van der Waals surface area (Å²) < 4.78 is 27.2. The summed E-state index contributed by atoms with van der Waals surface area (Å²) in [5.41, 5.74) is 1.57. The van der Waals surface area contributed by atoms with Crippen molar-refractivity contribution in [2.75, 3.05) is 18.5 Å². The molecule has 0 saturated heterocycles. The van der Waals surface area contributed by atoms with Crippen molar-refractivity contribution in [2.45, 2.75) is 11.3 Å². The van der Waals surface area contributed by atoms with Crippen molar-refractivity contribution in [3.05, 3.63) is 57.9 Å². The number of sulfonamides is 1. The highest BCUT2D eigenvalue weighted by atomic mass is 35.5. The number of hydrogen-bond acceptors (Lipinski definition) is 4. The predicted octanol–water partition coefficient (Wildman–Crippen LogP) is 3.67. The minimum Gasteiger partial charge on any atom is -0.307 e. The fraction of sp³-hybridized carbons (Fsp3) is 0.167. The fourth-order valence-corrected chi connectivity index (χ4v) is 5.39. The summed E-state index contributed by atoms with van der Waals surface area (Å²) in [4.78, 5) is 15.4. The third-order valence-corrected chi connectivity index (χ3v) is 7.58. The van der Waals surface area contributed by atoms with Gasteiger partial charge in [-0.05, 0) is 43.3 Å². The molecule has 26 heavy (non-hydrogen) atoms. The Morgan fingerprint density at radius 1 is 1.23 bits per heavy atom. The Balaban J connectivity index is 1.73. The lowest BCUT2D eigenvalue weighted by Gasteiger charge is -2.17. The normalized spacial score (nSPS) is 14.0. The molecule has 2 aromatic carbocycles. The molecule has 8 heteroatoms. The molecule has 1 N–H and O–H groups in total. The van der Waals surface area contributed by atoms with Crippen LogP contribution in [0.5, 0.6) is 0 Å². The van der Waals surface area contributed by atoms with Gasteiger partial charge in [-0.1, -0.05) is 29.8 Å². The number of benzene rings is 2. The van der Waals surface area contributed by atoms with Crippen molar-refractivity contribution < 1.29 is 13.2 Å². The second kappa shape index (κ2) is 6.35. The summed E-state index contributed by atoms with van der Waals surface area (Å²) in [7, 11) is -2.13. The van der Waals surface area contributed by atoms with Crippen molar-refractivity contribution in [1.82, 2.24) is 4.72 Å². The summed E-state index contributed by atoms with van der Waals surface area (Å²) >= 11 is 7.81. The van der Waals surface area contributed by atoms with Crippen LogP contribution in [0.25, 0.3) is 10.1 Å². The number of halogens is 1. The summed E-state index contributed by atoms with van der Waals surface area (Å²) in [6.45, 7) is 0.502. The molecule has 0 fully saturated rings. The van der Waals surface area contributed by atoms with Gasteiger partial charge in [0.1, 0.15) is 4.88 Å². The van der Waals surface area contributed by atoms with Crippen molar-refractivity contribution >= 4 is 54.6 Å². The second-order valence-corrected chi connectivity index (χ2v) is 9.26. The van der Waals surface area contributed by atoms with Crippen LogP contribution in [0.15, 0.2) is 47.4 Å². The summed E-state index contributed by atoms with van der Waals surface area (Å²) in [5, 5.41) is 1.34. The smallest absolute Gasteiger partial charge is 0.269 e. The van der Waals surface area contributed by atoms with Gasteiger partial charge in [0.15, 0.2) is 0 Å². The zero-order valence-corrected chi connectivity index (χ0v) is 16.2. The van der Waals surface area contributed by atoms with E-state index in [4.69, 9.17) is 11.6 Å². The maximum Gasteiger partial charge on any atom is 0.269 e. The van der Waals surface area contributed by atoms with Crippen LogP contribution in [0.3, 0.4) is 0 Å². The van der Waals surface area contributed by atoms with Gasteiger partial charge in [-0.15, -0.1) is 11.3 Å². The van der Waals surface area contributed by atoms with Crippen LogP contribution in [0.4, 0.5) is 5.69 Å². The van der Waals surface area contributed by atoms with Crippen LogP contribution in [0, 0.1) is 0 Å². The number of nitrogens with zero attached hydrogens (tertiary/aromatic N) is 1. The Hall–Kier alpha value is -1.93. The number of thiophene rings is 1. The lowest BCUT2D eigenvalue weighted by Crippen LogP contribution is -2.28. The van der Waals surface area contributed by atoms with E-state index in [1.807, 2.05) is 24.3 Å². The predicted molar refractivity (Wildman–Crippen MR) is 105 cm³/mol. The van der Waals surface area contributed by atoms with Gasteiger partial charge in [0.25, 0.3) is 5.91 Å². The second-order valence-electron chi connectivity index (χ2n) is 5.95. The van der Waals surface area contributed by atoms with Gasteiger partial charge in [0, 0.05) is 22.3 Å². The first-order valence-electron chi connectivity index (χ1n) is 7.98. The van der Waals surface area contributed by atoms with Gasteiger partial charge in [-0.25, -0.2) is 13.1 Å². The maximum atomic E-state index is 13.1. The summed E-state index contributed by atoms with van der Waals surface area (Å²) in [6.07, 6.45) is 0.608. The number of hydrogen-bond donors (Lipinski definition) is 1. The third kappa shape index (κ3) is 2.72. The first kappa shape index (κ1) is 17.5. The Kier molecular flexibility index (Phi) is 4.27. The van der Waals surface area contributed by atoms with Gasteiger partial charge < -0.3 is 4.90 Å². The standard InChI is InChI=1S/C18H15ClN2O3S2/c1-20-26(23,24)12-6-7-14-11(10-12)8-9-21(14)18(22)17-16(19)13-4-2-3-5-15(13)25-17/h2-7,10,20H,8-9H2,1H3. The molecule has 4 rings (SSSR count). The van der Waals surface area contributed by atoms with Crippen LogP contribution >= 0.6 is 22.9 Å². The molecule has 1 amide bonds. The summed E-state index contributed by atoms with van der Waals surface area (Å²) in [5.74, 6) is -0.154. The largest absolute Gasteiger partial charge is 0.307 e. The average Bonchev–Trinajstić information content (AvgIpc) is 3.22. The molecule has 1 aliphatic rings. The molecule has 0 bridgehead atoms. The monoisotopic (exact) mass is 406 g/mol. The highest BCUT2D eigenvalue weighted by Gasteiger charge is 2.29. The molecule has 2 heterocycles. The molecule has 1 aromatic heterocycles. The average molecular weight is 407 g/mol. The van der Waals surface area contributed by atoms with Crippen LogP contribution in [0.1, 0.15) is 15.2 Å². The highest BCUT2D eigenvalue weighted by Crippen LogP contribution is 2.38. The molecular formula is C18H15ClN2O3S2. The molecule has 0 atom stereocenters. The van der Waals surface area contributed by atoms with Gasteiger partial charge in [-0.2, -0.15) is 0 Å². The highest BCUT2D eigenvalue weighted by molar-refractivity contribution is 7.89. The van der Waals surface area contributed by atoms with Gasteiger partial charge in [0.2, 0.25) is 10.0 Å². The van der Waals surface area contributed by atoms with Gasteiger partial charge in [0.05, 0.1) is 9.92 Å². The lowest BCUT2D eigenvalue weighted by molar-refractivity contribution is 0.0993. The zero-order chi connectivity index (χ0) is 18.5. The number of carbonyl (C=O) groups excluding carboxylic acids is 1. The first-order valence-corrected chi connectivity index (χ1v) is 10.7. The Morgan fingerprint density at radius 2 is 2.00 bits per heavy atom. The first-order chi connectivity index (χ1) is 12.4. The van der Waals surface area contributed by atoms with E-state index in [1.54, 1.807) is 17.0 Å². The molecule has 3 aromatic rings. The van der Waals surface area contributed by atoms with E-state index >= 15 is 0 Å². The molecule has 0 unspecified atom stereocenters. The Morgan fingerprint density at radius 3 is 2.73 bits per heavy atom. The quantitative estimate of drug-likeness (QED) is 0.721. The minimum absolute atomic E-state index is 0.154. The molecule has 0 spiro atoms. The van der Waals surface area contributed by atoms with Crippen LogP contribution in [-0.2, 0) is 16.4 Å². The van der Waals surface area contributed by atoms with Gasteiger partial charge >= 0.3 is 0 Å². The number of carbonyl (C=O) groups is 1. The number of nitrogens with one attached hydrogen (secondary N) is 1. The van der Waals surface area contributed by atoms with E-state index < -0.39 is 10.0 Å². The van der Waals surface area contributed by atoms with Crippen molar-refractivity contribution in [1.29, 1.82) is 0 Å². The minimum atomic E-state index is -3.51. The van der Waals surface area contributed by atoms with Crippen LogP contribution in [0.2, 0.25) is 5.02 Å². The fourth-order valence-electron chi connectivity index (χ4n) is 3.15. The van der Waals surface area contributed by atoms with Crippen molar-refractivity contribution in [3.8, 4) is 0 Å². The molecule has 5 nitrogen and oxygen atoms in total. The van der Waals surface area contributed by atoms with Crippen LogP contribution in [-0.4, -0.2) is 27.9 Å². The van der Waals surface area contributed by atoms with E-state index in [0.29, 0.717) is 22.9 Å². The van der Waals surface area contributed by atoms with E-state index in [-0.39, 0.29) is 10.8 Å². The number of rotatable bonds is 3. The third-order valence-electron chi connectivity index (χ3n) is 4.50. The molecule has 1 aliphatic heterocycles. The van der Waals surface area contributed by atoms with E-state index in [0.717, 1.165) is 21.3 Å². The van der Waals surface area contributed by atoms with Gasteiger partial charge in [-0.3, -0.25) is 4.79 Å². The topological polar surface area (TPSA) is 66.5 Å². The molecule has 134 valence electrons. The zero-order valence-electron chi connectivity index (χ0n) is 13.8. The number of anilines is 1. The Labute approximate surface area is 160 Å². The molecule has 0 saturated carbocycles. The summed E-state index contributed by atoms with van der Waals surface area (Å²) in [6, 6.07) is 12.5. The van der Waals surface area contributed by atoms with E-state index in [2.05, 4.69) is 4.72 Å². The molecule has 0 aliphatic carbocycles. The maximum absolute atomic E-state index is 13.1. The molecular weight excluding hydrogens is 392 g/mol. The lowest BCUT2D eigenvalue weighted by atomic mass is 10.2. The van der Waals surface area contributed by atoms with Crippen LogP contribution < -0.4 is 9.62 Å². The number of amides is 1. The SMILES string of the molecule is CNS(=O)(=O)c1ccc2c(c1)CCN2C(=O)c1sc2ccccc2c1Cl. The number of fused-ring (bicyclic) bond motifs is 2. The van der Waals surface area contributed by atoms with Crippen molar-refractivity contribution in [3.63, 3.8) is 0 Å². The Bertz CT molecular complexity index is 1140. The van der Waals surface area contributed by atoms with E-state index in [9.17, 15) is 13.2 Å².